The molecule has 0 spiro atoms. The third-order valence-electron chi connectivity index (χ3n) is 6.90. The lowest BCUT2D eigenvalue weighted by Gasteiger charge is -2.33. The smallest absolute Gasteiger partial charge is 0.247 e. The topological polar surface area (TPSA) is 111 Å². The van der Waals surface area contributed by atoms with Crippen LogP contribution in [0.5, 0.6) is 11.5 Å². The van der Waals surface area contributed by atoms with Crippen molar-refractivity contribution in [3.8, 4) is 22.8 Å². The zero-order valence-electron chi connectivity index (χ0n) is 22.9. The fourth-order valence-corrected chi connectivity index (χ4v) is 5.80. The van der Waals surface area contributed by atoms with Gasteiger partial charge in [0.2, 0.25) is 18.6 Å². The van der Waals surface area contributed by atoms with Gasteiger partial charge in [0.1, 0.15) is 23.1 Å². The summed E-state index contributed by atoms with van der Waals surface area (Å²) in [6, 6.07) is 19.2. The van der Waals surface area contributed by atoms with Gasteiger partial charge in [-0.2, -0.15) is 0 Å². The van der Waals surface area contributed by atoms with Crippen LogP contribution < -0.4 is 14.8 Å². The van der Waals surface area contributed by atoms with Gasteiger partial charge in [0.25, 0.3) is 0 Å². The van der Waals surface area contributed by atoms with Gasteiger partial charge in [0.15, 0.2) is 11.5 Å². The minimum absolute atomic E-state index is 0.0869. The maximum absolute atomic E-state index is 14.0. The van der Waals surface area contributed by atoms with Gasteiger partial charge in [-0.15, -0.1) is 16.4 Å². The number of para-hydroxylation sites is 1. The summed E-state index contributed by atoms with van der Waals surface area (Å²) in [7, 11) is 0. The van der Waals surface area contributed by atoms with Crippen LogP contribution in [0.25, 0.3) is 22.3 Å². The summed E-state index contributed by atoms with van der Waals surface area (Å²) < 4.78 is 12.4. The molecular formula is C30H27ClN6O4S. The molecule has 0 radical (unpaired) electrons. The number of carbonyl (C=O) groups is 2. The second-order valence-electron chi connectivity index (χ2n) is 10.1. The Hall–Kier alpha value is -4.48. The Morgan fingerprint density at radius 1 is 1.07 bits per heavy atom. The monoisotopic (exact) mass is 602 g/mol. The molecular weight excluding hydrogens is 576 g/mol. The number of carbonyl (C=O) groups excluding carboxylic acids is 2. The molecule has 3 aromatic carbocycles. The number of hydrogen-bond acceptors (Lipinski definition) is 8. The van der Waals surface area contributed by atoms with Gasteiger partial charge in [-0.05, 0) is 42.3 Å². The Morgan fingerprint density at radius 3 is 2.67 bits per heavy atom. The number of thiazole rings is 1. The molecule has 0 aliphatic carbocycles. The van der Waals surface area contributed by atoms with E-state index >= 15 is 0 Å². The number of ether oxygens (including phenoxy) is 2. The summed E-state index contributed by atoms with van der Waals surface area (Å²) >= 11 is 7.49. The molecule has 5 aromatic rings. The zero-order chi connectivity index (χ0) is 29.2. The normalized spacial score (nSPS) is 13.0. The predicted octanol–water partition coefficient (Wildman–Crippen LogP) is 5.63. The average Bonchev–Trinajstić information content (AvgIpc) is 3.73. The highest BCUT2D eigenvalue weighted by atomic mass is 35.5. The zero-order valence-corrected chi connectivity index (χ0v) is 24.4. The molecule has 0 fully saturated rings. The fraction of sp³-hybridized carbons (Fsp3) is 0.233. The van der Waals surface area contributed by atoms with Crippen molar-refractivity contribution in [3.05, 3.63) is 82.1 Å². The van der Waals surface area contributed by atoms with E-state index in [0.717, 1.165) is 16.8 Å². The van der Waals surface area contributed by atoms with Gasteiger partial charge in [0, 0.05) is 27.7 Å². The van der Waals surface area contributed by atoms with Crippen LogP contribution in [0.2, 0.25) is 5.02 Å². The van der Waals surface area contributed by atoms with Crippen molar-refractivity contribution in [1.29, 1.82) is 0 Å². The van der Waals surface area contributed by atoms with E-state index in [9.17, 15) is 9.59 Å². The number of rotatable bonds is 9. The summed E-state index contributed by atoms with van der Waals surface area (Å²) in [4.78, 5) is 34.2. The van der Waals surface area contributed by atoms with E-state index < -0.39 is 6.04 Å². The van der Waals surface area contributed by atoms with Crippen molar-refractivity contribution < 1.29 is 19.1 Å². The summed E-state index contributed by atoms with van der Waals surface area (Å²) in [5, 5.41) is 14.6. The number of hydrogen-bond donors (Lipinski definition) is 1. The second kappa shape index (κ2) is 11.8. The Kier molecular flexibility index (Phi) is 7.77. The highest BCUT2D eigenvalue weighted by molar-refractivity contribution is 7.09. The maximum atomic E-state index is 14.0. The summed E-state index contributed by atoms with van der Waals surface area (Å²) in [5.41, 5.74) is 3.65. The van der Waals surface area contributed by atoms with Gasteiger partial charge in [-0.3, -0.25) is 9.59 Å². The van der Waals surface area contributed by atoms with Crippen LogP contribution in [0.1, 0.15) is 18.9 Å². The van der Waals surface area contributed by atoms with Gasteiger partial charge in [-0.1, -0.05) is 54.9 Å². The van der Waals surface area contributed by atoms with Crippen LogP contribution in [0.15, 0.2) is 72.1 Å². The first-order valence-corrected chi connectivity index (χ1v) is 14.6. The van der Waals surface area contributed by atoms with Crippen molar-refractivity contribution in [2.75, 3.05) is 12.1 Å². The first-order chi connectivity index (χ1) is 20.4. The third kappa shape index (κ3) is 5.79. The molecule has 2 amide bonds. The van der Waals surface area contributed by atoms with Crippen LogP contribution in [-0.4, -0.2) is 49.5 Å². The average molecular weight is 603 g/mol. The Bertz CT molecular complexity index is 1750. The minimum Gasteiger partial charge on any atom is -0.454 e. The van der Waals surface area contributed by atoms with Gasteiger partial charge in [0.05, 0.1) is 17.8 Å². The van der Waals surface area contributed by atoms with Crippen molar-refractivity contribution in [3.63, 3.8) is 0 Å². The molecule has 12 heteroatoms. The van der Waals surface area contributed by atoms with E-state index in [0.29, 0.717) is 32.7 Å². The number of benzene rings is 3. The first-order valence-electron chi connectivity index (χ1n) is 13.3. The summed E-state index contributed by atoms with van der Waals surface area (Å²) in [6.45, 7) is 4.01. The van der Waals surface area contributed by atoms with E-state index in [1.165, 1.54) is 11.3 Å². The molecule has 6 rings (SSSR count). The highest BCUT2D eigenvalue weighted by Crippen LogP contribution is 2.34. The molecule has 1 N–H and O–H groups in total. The SMILES string of the molecule is CC(C)C(C(=O)Nc1ccc2c(c1)OCO2)N(Cc1nc(-c2ccc(Cl)cc2)cs1)C(=O)Cn1nnc2ccccc21. The number of fused-ring (bicyclic) bond motifs is 2. The number of nitrogens with one attached hydrogen (secondary N) is 1. The summed E-state index contributed by atoms with van der Waals surface area (Å²) in [6.07, 6.45) is 0. The lowest BCUT2D eigenvalue weighted by molar-refractivity contribution is -0.141. The molecule has 1 unspecified atom stereocenters. The maximum Gasteiger partial charge on any atom is 0.247 e. The van der Waals surface area contributed by atoms with E-state index in [2.05, 4.69) is 15.6 Å². The van der Waals surface area contributed by atoms with E-state index in [1.807, 2.05) is 67.8 Å². The molecule has 1 aliphatic rings. The molecule has 2 aromatic heterocycles. The van der Waals surface area contributed by atoms with E-state index in [4.69, 9.17) is 26.1 Å². The quantitative estimate of drug-likeness (QED) is 0.233. The van der Waals surface area contributed by atoms with Crippen molar-refractivity contribution in [2.24, 2.45) is 5.92 Å². The minimum atomic E-state index is -0.805. The molecule has 10 nitrogen and oxygen atoms in total. The number of amides is 2. The van der Waals surface area contributed by atoms with E-state index in [1.54, 1.807) is 27.8 Å². The molecule has 1 atom stereocenters. The molecule has 0 saturated carbocycles. The van der Waals surface area contributed by atoms with Crippen molar-refractivity contribution in [2.45, 2.75) is 33.0 Å². The molecule has 42 heavy (non-hydrogen) atoms. The number of halogens is 1. The number of aromatic nitrogens is 4. The van der Waals surface area contributed by atoms with Crippen LogP contribution >= 0.6 is 22.9 Å². The number of anilines is 1. The molecule has 1 aliphatic heterocycles. The molecule has 0 saturated heterocycles. The van der Waals surface area contributed by atoms with Crippen LogP contribution in [-0.2, 0) is 22.7 Å². The summed E-state index contributed by atoms with van der Waals surface area (Å²) in [5.74, 6) is 0.345. The fourth-order valence-electron chi connectivity index (χ4n) is 4.87. The van der Waals surface area contributed by atoms with Crippen molar-refractivity contribution in [1.82, 2.24) is 24.9 Å². The van der Waals surface area contributed by atoms with Crippen LogP contribution in [0.4, 0.5) is 5.69 Å². The highest BCUT2D eigenvalue weighted by Gasteiger charge is 2.34. The second-order valence-corrected chi connectivity index (χ2v) is 11.5. The van der Waals surface area contributed by atoms with Crippen LogP contribution in [0.3, 0.4) is 0 Å². The van der Waals surface area contributed by atoms with Crippen LogP contribution in [0, 0.1) is 5.92 Å². The molecule has 214 valence electrons. The lowest BCUT2D eigenvalue weighted by atomic mass is 10.0. The van der Waals surface area contributed by atoms with Gasteiger partial charge >= 0.3 is 0 Å². The lowest BCUT2D eigenvalue weighted by Crippen LogP contribution is -2.50. The molecule has 0 bridgehead atoms. The van der Waals surface area contributed by atoms with Crippen molar-refractivity contribution >= 4 is 51.5 Å². The predicted molar refractivity (Wildman–Crippen MR) is 160 cm³/mol. The van der Waals surface area contributed by atoms with Gasteiger partial charge < -0.3 is 19.7 Å². The number of nitrogens with zero attached hydrogens (tertiary/aromatic N) is 5. The molecule has 3 heterocycles. The Balaban J connectivity index is 1.30. The Labute approximate surface area is 250 Å². The van der Waals surface area contributed by atoms with Gasteiger partial charge in [-0.25, -0.2) is 9.67 Å². The largest absolute Gasteiger partial charge is 0.454 e. The third-order valence-corrected chi connectivity index (χ3v) is 7.98. The van der Waals surface area contributed by atoms with E-state index in [-0.39, 0.29) is 37.6 Å². The Morgan fingerprint density at radius 2 is 1.86 bits per heavy atom. The first kappa shape index (κ1) is 27.7. The standard InChI is InChI=1S/C30H27ClN6O4S/c1-18(2)29(30(39)32-21-11-12-25-26(13-21)41-17-40-25)36(28(38)15-37-24-6-4-3-5-22(24)34-35-37)14-27-33-23(16-42-27)19-7-9-20(31)10-8-19/h3-13,16,18,29H,14-15,17H2,1-2H3,(H,32,39).